The minimum absolute atomic E-state index is 0.387. The molecule has 4 aromatic rings. The molecule has 1 N–H and O–H groups in total. The maximum Gasteiger partial charge on any atom is 0.339 e. The molecule has 1 aliphatic rings. The van der Waals surface area contributed by atoms with Gasteiger partial charge in [-0.2, -0.15) is 0 Å². The molecule has 0 saturated carbocycles. The lowest BCUT2D eigenvalue weighted by molar-refractivity contribution is -0.119. The summed E-state index contributed by atoms with van der Waals surface area (Å²) in [5, 5.41) is 5.82. The van der Waals surface area contributed by atoms with E-state index >= 15 is 0 Å². The number of benzene rings is 2. The molecule has 0 fully saturated rings. The molecule has 0 aliphatic carbocycles. The average Bonchev–Trinajstić information content (AvgIpc) is 3.34. The van der Waals surface area contributed by atoms with Gasteiger partial charge in [0.15, 0.2) is 11.7 Å². The van der Waals surface area contributed by atoms with Crippen molar-refractivity contribution in [2.75, 3.05) is 25.0 Å². The van der Waals surface area contributed by atoms with E-state index in [9.17, 15) is 9.59 Å². The summed E-state index contributed by atoms with van der Waals surface area (Å²) in [6, 6.07) is 17.3. The number of amides is 1. The molecule has 0 bridgehead atoms. The number of pyridine rings is 1. The maximum atomic E-state index is 13.2. The van der Waals surface area contributed by atoms with Crippen LogP contribution in [0.25, 0.3) is 22.2 Å². The van der Waals surface area contributed by atoms with Crippen molar-refractivity contribution in [2.45, 2.75) is 19.9 Å². The zero-order valence-electron chi connectivity index (χ0n) is 18.8. The van der Waals surface area contributed by atoms with Gasteiger partial charge in [0.1, 0.15) is 0 Å². The van der Waals surface area contributed by atoms with Gasteiger partial charge in [0.05, 0.1) is 16.8 Å². The first-order valence-electron chi connectivity index (χ1n) is 11.2. The Morgan fingerprint density at radius 3 is 2.71 bits per heavy atom. The summed E-state index contributed by atoms with van der Waals surface area (Å²) in [5.74, 6) is -0.934. The topological polar surface area (TPSA) is 84.4 Å². The van der Waals surface area contributed by atoms with Crippen LogP contribution in [0.2, 0.25) is 0 Å². The Morgan fingerprint density at radius 1 is 1.09 bits per heavy atom. The van der Waals surface area contributed by atoms with Crippen LogP contribution >= 0.6 is 11.3 Å². The van der Waals surface area contributed by atoms with Gasteiger partial charge in [-0.25, -0.2) is 9.78 Å². The SMILES string of the molecule is CCN1CCc2nc3ccccc3c(C(=O)OCC(=O)Nc3nc(-c4ccccc4)cs3)c2C1. The van der Waals surface area contributed by atoms with Crippen molar-refractivity contribution in [3.63, 3.8) is 0 Å². The summed E-state index contributed by atoms with van der Waals surface area (Å²) in [6.45, 7) is 4.15. The number of hydrogen-bond donors (Lipinski definition) is 1. The molecule has 0 unspecified atom stereocenters. The summed E-state index contributed by atoms with van der Waals surface area (Å²) in [4.78, 5) is 37.2. The molecule has 2 aromatic carbocycles. The highest BCUT2D eigenvalue weighted by Gasteiger charge is 2.26. The van der Waals surface area contributed by atoms with Gasteiger partial charge >= 0.3 is 5.97 Å². The molecule has 34 heavy (non-hydrogen) atoms. The first kappa shape index (κ1) is 22.2. The van der Waals surface area contributed by atoms with Gasteiger partial charge in [0, 0.05) is 47.1 Å². The Balaban J connectivity index is 1.31. The molecule has 172 valence electrons. The second-order valence-electron chi connectivity index (χ2n) is 8.08. The summed E-state index contributed by atoms with van der Waals surface area (Å²) >= 11 is 1.33. The predicted molar refractivity (Wildman–Crippen MR) is 133 cm³/mol. The van der Waals surface area contributed by atoms with Crippen molar-refractivity contribution in [3.8, 4) is 11.3 Å². The van der Waals surface area contributed by atoms with Crippen LogP contribution in [-0.4, -0.2) is 46.4 Å². The van der Waals surface area contributed by atoms with Crippen molar-refractivity contribution in [2.24, 2.45) is 0 Å². The van der Waals surface area contributed by atoms with Gasteiger partial charge in [-0.1, -0.05) is 55.5 Å². The molecule has 7 nitrogen and oxygen atoms in total. The van der Waals surface area contributed by atoms with Crippen LogP contribution in [0.15, 0.2) is 60.0 Å². The fourth-order valence-corrected chi connectivity index (χ4v) is 4.92. The molecule has 0 saturated heterocycles. The lowest BCUT2D eigenvalue weighted by Crippen LogP contribution is -2.32. The van der Waals surface area contributed by atoms with Crippen molar-refractivity contribution in [1.82, 2.24) is 14.9 Å². The number of nitrogens with one attached hydrogen (secondary N) is 1. The van der Waals surface area contributed by atoms with E-state index in [4.69, 9.17) is 9.72 Å². The van der Waals surface area contributed by atoms with E-state index in [-0.39, 0.29) is 6.61 Å². The number of hydrogen-bond acceptors (Lipinski definition) is 7. The van der Waals surface area contributed by atoms with Gasteiger partial charge in [0.25, 0.3) is 5.91 Å². The number of anilines is 1. The number of esters is 1. The Labute approximate surface area is 201 Å². The van der Waals surface area contributed by atoms with Crippen LogP contribution < -0.4 is 5.32 Å². The van der Waals surface area contributed by atoms with Crippen LogP contribution in [0.5, 0.6) is 0 Å². The summed E-state index contributed by atoms with van der Waals surface area (Å²) < 4.78 is 5.48. The monoisotopic (exact) mass is 472 g/mol. The first-order chi connectivity index (χ1) is 16.6. The molecule has 8 heteroatoms. The molecular weight excluding hydrogens is 448 g/mol. The Hall–Kier alpha value is -3.62. The smallest absolute Gasteiger partial charge is 0.339 e. The van der Waals surface area contributed by atoms with E-state index in [2.05, 4.69) is 22.1 Å². The molecule has 0 atom stereocenters. The molecule has 0 radical (unpaired) electrons. The Kier molecular flexibility index (Phi) is 6.33. The molecule has 5 rings (SSSR count). The number of carbonyl (C=O) groups is 2. The van der Waals surface area contributed by atoms with Crippen LogP contribution in [-0.2, 0) is 22.5 Å². The number of ether oxygens (including phenoxy) is 1. The third-order valence-corrected chi connectivity index (χ3v) is 6.69. The van der Waals surface area contributed by atoms with E-state index in [1.807, 2.05) is 60.0 Å². The highest BCUT2D eigenvalue weighted by Crippen LogP contribution is 2.29. The predicted octanol–water partition coefficient (Wildman–Crippen LogP) is 4.53. The fourth-order valence-electron chi connectivity index (χ4n) is 4.18. The first-order valence-corrected chi connectivity index (χ1v) is 12.1. The molecule has 3 heterocycles. The number of para-hydroxylation sites is 1. The number of fused-ring (bicyclic) bond motifs is 2. The van der Waals surface area contributed by atoms with Crippen molar-refractivity contribution in [3.05, 3.63) is 76.8 Å². The number of thiazole rings is 1. The lowest BCUT2D eigenvalue weighted by Gasteiger charge is -2.28. The minimum atomic E-state index is -0.507. The van der Waals surface area contributed by atoms with Crippen molar-refractivity contribution < 1.29 is 14.3 Å². The van der Waals surface area contributed by atoms with Crippen LogP contribution in [0.3, 0.4) is 0 Å². The lowest BCUT2D eigenvalue weighted by atomic mass is 9.96. The van der Waals surface area contributed by atoms with Crippen LogP contribution in [0.4, 0.5) is 5.13 Å². The fraction of sp³-hybridized carbons (Fsp3) is 0.231. The number of nitrogens with zero attached hydrogens (tertiary/aromatic N) is 3. The van der Waals surface area contributed by atoms with Gasteiger partial charge in [0.2, 0.25) is 0 Å². The quantitative estimate of drug-likeness (QED) is 0.415. The zero-order chi connectivity index (χ0) is 23.5. The number of aromatic nitrogens is 2. The maximum absolute atomic E-state index is 13.2. The second-order valence-corrected chi connectivity index (χ2v) is 8.93. The third-order valence-electron chi connectivity index (χ3n) is 5.93. The Bertz CT molecular complexity index is 1350. The minimum Gasteiger partial charge on any atom is -0.452 e. The van der Waals surface area contributed by atoms with Crippen molar-refractivity contribution in [1.29, 1.82) is 0 Å². The molecule has 1 amide bonds. The van der Waals surface area contributed by atoms with E-state index in [1.165, 1.54) is 11.3 Å². The van der Waals surface area contributed by atoms with E-state index < -0.39 is 11.9 Å². The largest absolute Gasteiger partial charge is 0.452 e. The zero-order valence-corrected chi connectivity index (χ0v) is 19.6. The van der Waals surface area contributed by atoms with Gasteiger partial charge < -0.3 is 4.74 Å². The second kappa shape index (κ2) is 9.70. The summed E-state index contributed by atoms with van der Waals surface area (Å²) in [5.41, 5.74) is 4.85. The number of rotatable bonds is 6. The van der Waals surface area contributed by atoms with Crippen LogP contribution in [0.1, 0.15) is 28.5 Å². The van der Waals surface area contributed by atoms with Crippen molar-refractivity contribution >= 4 is 39.2 Å². The molecule has 0 spiro atoms. The summed E-state index contributed by atoms with van der Waals surface area (Å²) in [6.07, 6.45) is 0.780. The van der Waals surface area contributed by atoms with E-state index in [0.29, 0.717) is 17.2 Å². The highest BCUT2D eigenvalue weighted by molar-refractivity contribution is 7.14. The van der Waals surface area contributed by atoms with E-state index in [1.54, 1.807) is 0 Å². The Morgan fingerprint density at radius 2 is 1.88 bits per heavy atom. The molecule has 1 aliphatic heterocycles. The number of carbonyl (C=O) groups excluding carboxylic acids is 2. The number of likely N-dealkylation sites (N-methyl/N-ethyl adjacent to an activating group) is 1. The highest BCUT2D eigenvalue weighted by atomic mass is 32.1. The van der Waals surface area contributed by atoms with Gasteiger partial charge in [-0.05, 0) is 12.6 Å². The molecular formula is C26H24N4O3S. The normalized spacial score (nSPS) is 13.4. The average molecular weight is 473 g/mol. The standard InChI is InChI=1S/C26H24N4O3S/c1-2-30-13-12-21-19(14-30)24(18-10-6-7-11-20(18)27-21)25(32)33-15-23(31)29-26-28-22(16-34-26)17-8-4-3-5-9-17/h3-11,16H,2,12-15H2,1H3,(H,28,29,31). The van der Waals surface area contributed by atoms with Gasteiger partial charge in [-0.15, -0.1) is 11.3 Å². The van der Waals surface area contributed by atoms with Gasteiger partial charge in [-0.3, -0.25) is 20.0 Å². The van der Waals surface area contributed by atoms with Crippen LogP contribution in [0, 0.1) is 0 Å². The van der Waals surface area contributed by atoms with E-state index in [0.717, 1.165) is 52.9 Å². The third kappa shape index (κ3) is 4.55. The molecule has 2 aromatic heterocycles. The summed E-state index contributed by atoms with van der Waals surface area (Å²) in [7, 11) is 0.